The minimum absolute atomic E-state index is 0.116. The van der Waals surface area contributed by atoms with Crippen molar-refractivity contribution in [1.29, 1.82) is 0 Å². The number of hydrogen-bond acceptors (Lipinski definition) is 7. The number of amides is 3. The molecule has 0 spiro atoms. The third-order valence-corrected chi connectivity index (χ3v) is 9.12. The van der Waals surface area contributed by atoms with Gasteiger partial charge in [-0.05, 0) is 48.6 Å². The van der Waals surface area contributed by atoms with Crippen molar-refractivity contribution in [2.45, 2.75) is 70.6 Å². The van der Waals surface area contributed by atoms with E-state index in [9.17, 15) is 32.3 Å². The van der Waals surface area contributed by atoms with Crippen molar-refractivity contribution < 1.29 is 46.6 Å². The Hall–Kier alpha value is -4.29. The van der Waals surface area contributed by atoms with Crippen LogP contribution in [0.1, 0.15) is 73.9 Å². The number of carbonyl (C=O) groups is 4. The van der Waals surface area contributed by atoms with Gasteiger partial charge in [-0.2, -0.15) is 13.2 Å². The molecule has 0 aliphatic carbocycles. The number of carbonyl (C=O) groups excluding carboxylic acids is 4. The molecule has 47 heavy (non-hydrogen) atoms. The molecule has 4 aliphatic heterocycles. The monoisotopic (exact) mass is 659 g/mol. The van der Waals surface area contributed by atoms with Gasteiger partial charge in [0.15, 0.2) is 6.61 Å². The zero-order valence-electron chi connectivity index (χ0n) is 26.5. The van der Waals surface area contributed by atoms with Crippen LogP contribution in [0.25, 0.3) is 0 Å². The van der Waals surface area contributed by atoms with E-state index >= 15 is 0 Å². The van der Waals surface area contributed by atoms with Crippen LogP contribution < -0.4 is 15.2 Å². The molecular weight excluding hydrogens is 619 g/mol. The fraction of sp³-hybridized carbons (Fsp3) is 0.529. The zero-order valence-corrected chi connectivity index (χ0v) is 26.5. The molecule has 4 heterocycles. The largest absolute Gasteiger partial charge is 0.493 e. The quantitative estimate of drug-likeness (QED) is 0.382. The average Bonchev–Trinajstić information content (AvgIpc) is 3.73. The summed E-state index contributed by atoms with van der Waals surface area (Å²) in [6.45, 7) is 4.34. The van der Waals surface area contributed by atoms with Crippen molar-refractivity contribution in [2.24, 2.45) is 17.6 Å². The highest BCUT2D eigenvalue weighted by molar-refractivity contribution is 6.34. The first-order valence-electron chi connectivity index (χ1n) is 16.0. The maximum Gasteiger partial charge on any atom is 0.422 e. The number of benzene rings is 2. The van der Waals surface area contributed by atoms with Gasteiger partial charge in [0.05, 0.1) is 25.3 Å². The van der Waals surface area contributed by atoms with Gasteiger partial charge < -0.3 is 29.7 Å². The lowest BCUT2D eigenvalue weighted by atomic mass is 9.88. The molecule has 13 heteroatoms. The molecule has 0 saturated carbocycles. The molecule has 2 aromatic carbocycles. The molecular formula is C34H40F3N3O7. The van der Waals surface area contributed by atoms with Gasteiger partial charge in [-0.3, -0.25) is 14.4 Å². The van der Waals surface area contributed by atoms with Crippen molar-refractivity contribution in [1.82, 2.24) is 9.80 Å². The van der Waals surface area contributed by atoms with E-state index < -0.39 is 42.5 Å². The number of likely N-dealkylation sites (tertiary alicyclic amines) is 2. The van der Waals surface area contributed by atoms with E-state index in [4.69, 9.17) is 15.2 Å². The van der Waals surface area contributed by atoms with E-state index in [1.807, 2.05) is 37.3 Å². The molecule has 2 N–H and O–H groups in total. The number of rotatable bonds is 3. The second kappa shape index (κ2) is 14.2. The molecule has 4 atom stereocenters. The van der Waals surface area contributed by atoms with Gasteiger partial charge in [0.25, 0.3) is 0 Å². The average molecular weight is 660 g/mol. The van der Waals surface area contributed by atoms with E-state index in [1.165, 1.54) is 10.5 Å². The molecule has 3 amide bonds. The van der Waals surface area contributed by atoms with Gasteiger partial charge in [-0.25, -0.2) is 4.79 Å². The van der Waals surface area contributed by atoms with Crippen LogP contribution in [0.15, 0.2) is 36.4 Å². The van der Waals surface area contributed by atoms with Crippen LogP contribution in [-0.4, -0.2) is 72.6 Å². The van der Waals surface area contributed by atoms with E-state index in [0.29, 0.717) is 37.8 Å². The number of hydrogen-bond donors (Lipinski definition) is 1. The molecule has 6 rings (SSSR count). The van der Waals surface area contributed by atoms with Crippen LogP contribution in [0.2, 0.25) is 0 Å². The van der Waals surface area contributed by atoms with Gasteiger partial charge in [0.1, 0.15) is 11.5 Å². The van der Waals surface area contributed by atoms with E-state index in [2.05, 4.69) is 17.7 Å². The first-order chi connectivity index (χ1) is 22.3. The maximum atomic E-state index is 12.5. The van der Waals surface area contributed by atoms with Crippen molar-refractivity contribution in [3.63, 3.8) is 0 Å². The van der Waals surface area contributed by atoms with Crippen molar-refractivity contribution in [3.05, 3.63) is 58.7 Å². The highest BCUT2D eigenvalue weighted by Crippen LogP contribution is 2.42. The number of nitrogens with two attached hydrogens (primary N) is 1. The summed E-state index contributed by atoms with van der Waals surface area (Å²) in [5.41, 5.74) is 9.22. The predicted molar refractivity (Wildman–Crippen MR) is 163 cm³/mol. The third-order valence-electron chi connectivity index (χ3n) is 9.12. The Morgan fingerprint density at radius 3 is 1.70 bits per heavy atom. The summed E-state index contributed by atoms with van der Waals surface area (Å²) >= 11 is 0. The Morgan fingerprint density at radius 1 is 0.787 bits per heavy atom. The van der Waals surface area contributed by atoms with Gasteiger partial charge in [-0.1, -0.05) is 50.2 Å². The molecule has 2 aromatic rings. The van der Waals surface area contributed by atoms with E-state index in [1.54, 1.807) is 4.90 Å². The van der Waals surface area contributed by atoms with Crippen LogP contribution in [0.4, 0.5) is 13.2 Å². The number of esters is 1. The fourth-order valence-corrected chi connectivity index (χ4v) is 6.87. The molecule has 2 fully saturated rings. The second-order valence-corrected chi connectivity index (χ2v) is 12.7. The van der Waals surface area contributed by atoms with Gasteiger partial charge >= 0.3 is 29.9 Å². The number of fused-ring (bicyclic) bond motifs is 2. The van der Waals surface area contributed by atoms with Crippen molar-refractivity contribution in [2.75, 3.05) is 32.9 Å². The van der Waals surface area contributed by atoms with Crippen molar-refractivity contribution >= 4 is 23.7 Å². The number of halogens is 3. The topological polar surface area (TPSA) is 128 Å². The van der Waals surface area contributed by atoms with Gasteiger partial charge in [0.2, 0.25) is 0 Å². The lowest BCUT2D eigenvalue weighted by Gasteiger charge is -2.38. The third kappa shape index (κ3) is 7.82. The summed E-state index contributed by atoms with van der Waals surface area (Å²) in [6.07, 6.45) is 0.314. The minimum Gasteiger partial charge on any atom is -0.493 e. The summed E-state index contributed by atoms with van der Waals surface area (Å²) in [6, 6.07) is 11.2. The zero-order chi connectivity index (χ0) is 33.9. The first-order valence-corrected chi connectivity index (χ1v) is 16.0. The second-order valence-electron chi connectivity index (χ2n) is 12.7. The normalized spacial score (nSPS) is 23.3. The Morgan fingerprint density at radius 2 is 1.26 bits per heavy atom. The number of ether oxygens (including phenoxy) is 3. The molecule has 4 aliphatic rings. The molecule has 2 saturated heterocycles. The maximum absolute atomic E-state index is 12.5. The van der Waals surface area contributed by atoms with Crippen LogP contribution >= 0.6 is 0 Å². The van der Waals surface area contributed by atoms with Gasteiger partial charge in [0, 0.05) is 37.1 Å². The molecule has 0 radical (unpaired) electrons. The van der Waals surface area contributed by atoms with E-state index in [0.717, 1.165) is 54.5 Å². The Bertz CT molecular complexity index is 1510. The molecule has 10 nitrogen and oxygen atoms in total. The molecule has 0 aromatic heterocycles. The minimum atomic E-state index is -4.67. The molecule has 0 bridgehead atoms. The van der Waals surface area contributed by atoms with E-state index in [-0.39, 0.29) is 18.5 Å². The number of alkyl halides is 3. The first kappa shape index (κ1) is 34.1. The Labute approximate surface area is 271 Å². The van der Waals surface area contributed by atoms with Crippen LogP contribution in [0.5, 0.6) is 11.5 Å². The number of primary amides is 1. The van der Waals surface area contributed by atoms with Crippen LogP contribution in [0, 0.1) is 11.8 Å². The van der Waals surface area contributed by atoms with Crippen LogP contribution in [0.3, 0.4) is 0 Å². The summed E-state index contributed by atoms with van der Waals surface area (Å²) in [5, 5.41) is 0. The Balaban J connectivity index is 0.000000189. The molecule has 254 valence electrons. The fourth-order valence-electron chi connectivity index (χ4n) is 6.87. The number of piperidine rings is 2. The van der Waals surface area contributed by atoms with Crippen LogP contribution in [-0.2, 0) is 36.8 Å². The smallest absolute Gasteiger partial charge is 0.422 e. The molecule has 0 unspecified atom stereocenters. The summed E-state index contributed by atoms with van der Waals surface area (Å²) in [7, 11) is 0. The van der Waals surface area contributed by atoms with Gasteiger partial charge in [-0.15, -0.1) is 0 Å². The Kier molecular flexibility index (Phi) is 10.3. The number of para-hydroxylation sites is 2. The number of nitrogens with zero attached hydrogens (tertiary/aromatic N) is 2. The standard InChI is InChI=1S/C18H20F3NO4.C16H20N2O3/c1-11-5-6-14(13-4-2-3-12-7-8-25-15(12)13)22(9-11)16(23)17(24)26-10-18(19,20)21;1-10-5-6-13(18(9-10)16(20)15(17)19)12-4-2-3-11-7-8-21-14(11)12/h2-4,11,14H,5-10H2,1H3;2-4,10,13H,5-9H2,1H3,(H2,17,19)/t11-,14+;10-,13+/m00/s1. The summed E-state index contributed by atoms with van der Waals surface area (Å²) in [5.74, 6) is -1.88. The lowest BCUT2D eigenvalue weighted by Crippen LogP contribution is -2.47. The summed E-state index contributed by atoms with van der Waals surface area (Å²) < 4.78 is 52.3. The predicted octanol–water partition coefficient (Wildman–Crippen LogP) is 4.43. The van der Waals surface area contributed by atoms with Crippen molar-refractivity contribution in [3.8, 4) is 11.5 Å². The summed E-state index contributed by atoms with van der Waals surface area (Å²) in [4.78, 5) is 50.7. The SMILES string of the molecule is C[C@H]1CC[C@H](c2cccc3c2OCC3)N(C(=O)C(=O)OCC(F)(F)F)C1.C[C@H]1CC[C@H](c2cccc3c2OCC3)N(C(=O)C(N)=O)C1. The highest BCUT2D eigenvalue weighted by atomic mass is 19.4. The lowest BCUT2D eigenvalue weighted by molar-refractivity contribution is -0.190. The highest BCUT2D eigenvalue weighted by Gasteiger charge is 2.39.